The minimum atomic E-state index is -0.344. The van der Waals surface area contributed by atoms with Crippen molar-refractivity contribution in [3.8, 4) is 17.2 Å². The van der Waals surface area contributed by atoms with E-state index in [4.69, 9.17) is 14.2 Å². The van der Waals surface area contributed by atoms with Crippen molar-refractivity contribution in [2.45, 2.75) is 20.3 Å². The molecular formula is C25H28N2O5. The molecule has 1 N–H and O–H groups in total. The van der Waals surface area contributed by atoms with Gasteiger partial charge in [-0.05, 0) is 72.5 Å². The van der Waals surface area contributed by atoms with Crippen LogP contribution in [-0.4, -0.2) is 39.7 Å². The summed E-state index contributed by atoms with van der Waals surface area (Å²) in [7, 11) is 4.61. The van der Waals surface area contributed by atoms with Crippen LogP contribution in [0.25, 0.3) is 12.2 Å². The summed E-state index contributed by atoms with van der Waals surface area (Å²) in [6, 6.07) is 7.49. The van der Waals surface area contributed by atoms with Gasteiger partial charge in [-0.15, -0.1) is 0 Å². The van der Waals surface area contributed by atoms with Crippen LogP contribution in [0, 0.1) is 19.8 Å². The highest BCUT2D eigenvalue weighted by Crippen LogP contribution is 2.38. The number of nitrogens with zero attached hydrogens (tertiary/aromatic N) is 1. The summed E-state index contributed by atoms with van der Waals surface area (Å²) in [4.78, 5) is 28.8. The summed E-state index contributed by atoms with van der Waals surface area (Å²) in [5.74, 6) is 0.723. The summed E-state index contributed by atoms with van der Waals surface area (Å²) in [5, 5.41) is 4.50. The summed E-state index contributed by atoms with van der Waals surface area (Å²) in [6.07, 6.45) is 5.51. The summed E-state index contributed by atoms with van der Waals surface area (Å²) in [6.45, 7) is 4.40. The Morgan fingerprint density at radius 2 is 1.69 bits per heavy atom. The van der Waals surface area contributed by atoms with Gasteiger partial charge in [-0.3, -0.25) is 9.59 Å². The number of amides is 2. The number of hydrogen-bond donors (Lipinski definition) is 1. The number of carbonyl (C=O) groups is 2. The van der Waals surface area contributed by atoms with E-state index in [2.05, 4.69) is 10.3 Å². The maximum Gasteiger partial charge on any atom is 0.253 e. The van der Waals surface area contributed by atoms with E-state index < -0.39 is 0 Å². The molecule has 0 radical (unpaired) electrons. The number of ether oxygens (including phenoxy) is 3. The number of methoxy groups -OCH3 is 3. The average Bonchev–Trinajstić information content (AvgIpc) is 2.78. The van der Waals surface area contributed by atoms with Crippen molar-refractivity contribution in [3.05, 3.63) is 57.6 Å². The van der Waals surface area contributed by atoms with Crippen LogP contribution in [0.2, 0.25) is 0 Å². The lowest BCUT2D eigenvalue weighted by atomic mass is 9.98. The molecule has 7 heteroatoms. The molecule has 0 bridgehead atoms. The normalized spacial score (nSPS) is 14.9. The van der Waals surface area contributed by atoms with Crippen LogP contribution in [0.4, 0.5) is 0 Å². The van der Waals surface area contributed by atoms with E-state index in [-0.39, 0.29) is 17.7 Å². The monoisotopic (exact) mass is 436 g/mol. The molecule has 0 aliphatic carbocycles. The number of nitrogens with one attached hydrogen (secondary N) is 1. The second kappa shape index (κ2) is 10.1. The minimum Gasteiger partial charge on any atom is -0.493 e. The van der Waals surface area contributed by atoms with Crippen molar-refractivity contribution in [2.75, 3.05) is 27.9 Å². The van der Waals surface area contributed by atoms with Gasteiger partial charge in [0.15, 0.2) is 11.5 Å². The van der Waals surface area contributed by atoms with Gasteiger partial charge in [0.05, 0.1) is 32.6 Å². The van der Waals surface area contributed by atoms with E-state index >= 15 is 0 Å². The molecule has 3 rings (SSSR count). The predicted molar refractivity (Wildman–Crippen MR) is 122 cm³/mol. The molecule has 0 spiro atoms. The zero-order chi connectivity index (χ0) is 23.3. The quantitative estimate of drug-likeness (QED) is 0.641. The van der Waals surface area contributed by atoms with Crippen molar-refractivity contribution in [2.24, 2.45) is 10.9 Å². The summed E-state index contributed by atoms with van der Waals surface area (Å²) >= 11 is 0. The Balaban J connectivity index is 1.62. The van der Waals surface area contributed by atoms with Crippen molar-refractivity contribution in [1.82, 2.24) is 5.32 Å². The van der Waals surface area contributed by atoms with Crippen LogP contribution in [0.3, 0.4) is 0 Å². The van der Waals surface area contributed by atoms with Gasteiger partial charge in [0, 0.05) is 12.6 Å². The zero-order valence-electron chi connectivity index (χ0n) is 19.0. The van der Waals surface area contributed by atoms with Gasteiger partial charge in [0.25, 0.3) is 5.91 Å². The minimum absolute atomic E-state index is 0.178. The van der Waals surface area contributed by atoms with E-state index in [0.29, 0.717) is 35.6 Å². The first-order valence-electron chi connectivity index (χ1n) is 10.3. The van der Waals surface area contributed by atoms with E-state index in [9.17, 15) is 9.59 Å². The second-order valence-electron chi connectivity index (χ2n) is 7.59. The topological polar surface area (TPSA) is 86.2 Å². The number of benzene rings is 2. The first kappa shape index (κ1) is 23.1. The highest BCUT2D eigenvalue weighted by Gasteiger charge is 2.18. The molecule has 7 nitrogen and oxygen atoms in total. The van der Waals surface area contributed by atoms with Crippen LogP contribution < -0.4 is 30.1 Å². The molecule has 1 aliphatic heterocycles. The largest absolute Gasteiger partial charge is 0.493 e. The Bertz CT molecular complexity index is 1160. The maximum absolute atomic E-state index is 12.4. The third-order valence-electron chi connectivity index (χ3n) is 5.44. The lowest BCUT2D eigenvalue weighted by Crippen LogP contribution is -2.35. The molecule has 0 saturated carbocycles. The van der Waals surface area contributed by atoms with Gasteiger partial charge in [-0.25, -0.2) is 4.99 Å². The van der Waals surface area contributed by atoms with Gasteiger partial charge in [0.2, 0.25) is 11.7 Å². The molecule has 2 aromatic carbocycles. The predicted octanol–water partition coefficient (Wildman–Crippen LogP) is 2.11. The molecule has 0 aromatic heterocycles. The molecular weight excluding hydrogens is 408 g/mol. The Hall–Kier alpha value is -3.61. The maximum atomic E-state index is 12.4. The lowest BCUT2D eigenvalue weighted by molar-refractivity contribution is -0.121. The Labute approximate surface area is 187 Å². The Kier molecular flexibility index (Phi) is 7.30. The van der Waals surface area contributed by atoms with Crippen molar-refractivity contribution < 1.29 is 23.8 Å². The van der Waals surface area contributed by atoms with E-state index in [1.165, 1.54) is 27.4 Å². The molecule has 1 heterocycles. The van der Waals surface area contributed by atoms with Crippen LogP contribution in [0.5, 0.6) is 17.2 Å². The third-order valence-corrected chi connectivity index (χ3v) is 5.44. The lowest BCUT2D eigenvalue weighted by Gasteiger charge is -2.13. The number of hydrogen-bond acceptors (Lipinski definition) is 5. The van der Waals surface area contributed by atoms with Crippen molar-refractivity contribution >= 4 is 24.0 Å². The Morgan fingerprint density at radius 1 is 1.03 bits per heavy atom. The first-order chi connectivity index (χ1) is 15.4. The number of rotatable bonds is 8. The molecule has 2 aromatic rings. The van der Waals surface area contributed by atoms with E-state index in [0.717, 1.165) is 21.9 Å². The highest BCUT2D eigenvalue weighted by molar-refractivity contribution is 5.92. The average molecular weight is 437 g/mol. The molecule has 32 heavy (non-hydrogen) atoms. The number of carbonyl (C=O) groups excluding carboxylic acids is 2. The number of aryl methyl sites for hydroxylation is 2. The van der Waals surface area contributed by atoms with Gasteiger partial charge in [-0.1, -0.05) is 6.08 Å². The highest BCUT2D eigenvalue weighted by atomic mass is 16.5. The summed E-state index contributed by atoms with van der Waals surface area (Å²) < 4.78 is 15.9. The van der Waals surface area contributed by atoms with Gasteiger partial charge in [-0.2, -0.15) is 0 Å². The van der Waals surface area contributed by atoms with Crippen molar-refractivity contribution in [3.63, 3.8) is 0 Å². The second-order valence-corrected chi connectivity index (χ2v) is 7.59. The molecule has 2 amide bonds. The molecule has 0 saturated heterocycles. The third kappa shape index (κ3) is 5.17. The molecule has 0 fully saturated rings. The molecule has 168 valence electrons. The van der Waals surface area contributed by atoms with Crippen molar-refractivity contribution in [1.29, 1.82) is 0 Å². The van der Waals surface area contributed by atoms with Crippen LogP contribution in [0.15, 0.2) is 35.3 Å². The zero-order valence-corrected chi connectivity index (χ0v) is 19.0. The fourth-order valence-electron chi connectivity index (χ4n) is 3.53. The molecule has 1 aliphatic rings. The fourth-order valence-corrected chi connectivity index (χ4v) is 3.53. The molecule has 1 unspecified atom stereocenters. The van der Waals surface area contributed by atoms with E-state index in [1.54, 1.807) is 18.2 Å². The van der Waals surface area contributed by atoms with Crippen LogP contribution >= 0.6 is 0 Å². The van der Waals surface area contributed by atoms with E-state index in [1.807, 2.05) is 32.1 Å². The van der Waals surface area contributed by atoms with Gasteiger partial charge < -0.3 is 19.5 Å². The fraction of sp³-hybridized carbons (Fsp3) is 0.320. The summed E-state index contributed by atoms with van der Waals surface area (Å²) in [5.41, 5.74) is 3.00. The Morgan fingerprint density at radius 3 is 2.31 bits per heavy atom. The van der Waals surface area contributed by atoms with Crippen LogP contribution in [0.1, 0.15) is 23.1 Å². The first-order valence-corrected chi connectivity index (χ1v) is 10.3. The standard InChI is InChI=1S/C25H28N2O5/c1-15-10-19-14-18(25(29)27-20(19)11-16(15)2)8-9-26-23(28)7-6-17-12-21(30-3)24(32-5)22(13-17)31-4/h6-7,10-14,18H,8-9H2,1-5H3,(H,26,28)/b7-6+. The van der Waals surface area contributed by atoms with Crippen LogP contribution in [-0.2, 0) is 9.59 Å². The van der Waals surface area contributed by atoms with Gasteiger partial charge >= 0.3 is 0 Å². The van der Waals surface area contributed by atoms with Gasteiger partial charge in [0.1, 0.15) is 0 Å². The SMILES string of the molecule is COc1cc(/C=C/C(=O)NCCC2C=c3cc(C)c(C)cc3=NC2=O)cc(OC)c1OC. The molecule has 1 atom stereocenters. The number of fused-ring (bicyclic) bond motifs is 1. The smallest absolute Gasteiger partial charge is 0.253 e.